The van der Waals surface area contributed by atoms with Crippen LogP contribution in [0.4, 0.5) is 0 Å². The third kappa shape index (κ3) is 11.1. The SMILES string of the molecule is COc1ccc(COCC[C@H]2C[C@@H](O)C[C@@H](C[C@@H](C[C@@H](O)[C@@H](C)CCC(OC)OC)OC)O2)cc1. The summed E-state index contributed by atoms with van der Waals surface area (Å²) >= 11 is 0. The van der Waals surface area contributed by atoms with Gasteiger partial charge in [0.1, 0.15) is 5.75 Å². The van der Waals surface area contributed by atoms with Crippen molar-refractivity contribution < 1.29 is 38.6 Å². The zero-order valence-electron chi connectivity index (χ0n) is 22.1. The Balaban J connectivity index is 1.73. The Morgan fingerprint density at radius 1 is 0.971 bits per heavy atom. The van der Waals surface area contributed by atoms with Crippen LogP contribution in [-0.4, -0.2) is 82.1 Å². The quantitative estimate of drug-likeness (QED) is 0.248. The highest BCUT2D eigenvalue weighted by Gasteiger charge is 2.31. The maximum absolute atomic E-state index is 10.7. The smallest absolute Gasteiger partial charge is 0.156 e. The molecule has 1 heterocycles. The fraction of sp³-hybridized carbons (Fsp3) is 0.778. The maximum Gasteiger partial charge on any atom is 0.156 e. The topological polar surface area (TPSA) is 95.8 Å². The first-order valence-electron chi connectivity index (χ1n) is 12.7. The molecule has 2 rings (SSSR count). The number of benzene rings is 1. The van der Waals surface area contributed by atoms with Crippen LogP contribution in [0, 0.1) is 5.92 Å². The molecule has 8 nitrogen and oxygen atoms in total. The minimum Gasteiger partial charge on any atom is -0.497 e. The Labute approximate surface area is 210 Å². The van der Waals surface area contributed by atoms with E-state index in [9.17, 15) is 10.2 Å². The van der Waals surface area contributed by atoms with Gasteiger partial charge < -0.3 is 38.6 Å². The van der Waals surface area contributed by atoms with Crippen LogP contribution in [0.15, 0.2) is 24.3 Å². The number of rotatable bonds is 17. The fourth-order valence-corrected chi connectivity index (χ4v) is 4.56. The zero-order chi connectivity index (χ0) is 25.6. The molecule has 202 valence electrons. The van der Waals surface area contributed by atoms with Gasteiger partial charge in [0, 0.05) is 27.9 Å². The lowest BCUT2D eigenvalue weighted by Gasteiger charge is -2.35. The van der Waals surface area contributed by atoms with Crippen LogP contribution < -0.4 is 4.74 Å². The van der Waals surface area contributed by atoms with Crippen LogP contribution in [0.25, 0.3) is 0 Å². The summed E-state index contributed by atoms with van der Waals surface area (Å²) in [5.41, 5.74) is 1.09. The lowest BCUT2D eigenvalue weighted by Crippen LogP contribution is -2.39. The Morgan fingerprint density at radius 3 is 2.29 bits per heavy atom. The van der Waals surface area contributed by atoms with Crippen molar-refractivity contribution in [2.24, 2.45) is 5.92 Å². The number of hydrogen-bond acceptors (Lipinski definition) is 8. The zero-order valence-corrected chi connectivity index (χ0v) is 22.1. The highest BCUT2D eigenvalue weighted by atomic mass is 16.7. The van der Waals surface area contributed by atoms with E-state index in [1.165, 1.54) is 0 Å². The van der Waals surface area contributed by atoms with Crippen LogP contribution >= 0.6 is 0 Å². The summed E-state index contributed by atoms with van der Waals surface area (Å²) in [6.45, 7) is 3.12. The molecule has 8 heteroatoms. The Bertz CT molecular complexity index is 666. The normalized spacial score (nSPS) is 23.3. The number of aliphatic hydroxyl groups excluding tert-OH is 2. The highest BCUT2D eigenvalue weighted by Crippen LogP contribution is 2.27. The number of ether oxygens (including phenoxy) is 6. The molecule has 0 bridgehead atoms. The first-order chi connectivity index (χ1) is 16.9. The third-order valence-electron chi connectivity index (χ3n) is 6.87. The summed E-state index contributed by atoms with van der Waals surface area (Å²) in [7, 11) is 6.55. The van der Waals surface area contributed by atoms with Crippen LogP contribution in [0.3, 0.4) is 0 Å². The third-order valence-corrected chi connectivity index (χ3v) is 6.87. The Morgan fingerprint density at radius 2 is 1.66 bits per heavy atom. The predicted molar refractivity (Wildman–Crippen MR) is 133 cm³/mol. The second-order valence-corrected chi connectivity index (χ2v) is 9.55. The van der Waals surface area contributed by atoms with E-state index in [0.717, 1.165) is 30.6 Å². The van der Waals surface area contributed by atoms with Crippen LogP contribution in [0.1, 0.15) is 57.4 Å². The van der Waals surface area contributed by atoms with Gasteiger partial charge in [-0.25, -0.2) is 0 Å². The van der Waals surface area contributed by atoms with Gasteiger partial charge in [0.2, 0.25) is 0 Å². The standard InChI is InChI=1S/C27H46O8/c1-19(6-11-27(32-4)33-5)26(29)17-24(31-3)16-25-15-21(28)14-23(35-25)12-13-34-18-20-7-9-22(30-2)10-8-20/h7-10,19,21,23-29H,6,11-18H2,1-5H3/t19-,21+,23-,24-,25-,26+/m0/s1. The van der Waals surface area contributed by atoms with Crippen molar-refractivity contribution in [2.75, 3.05) is 35.0 Å². The molecule has 0 spiro atoms. The van der Waals surface area contributed by atoms with Gasteiger partial charge in [0.05, 0.1) is 44.2 Å². The molecule has 1 fully saturated rings. The van der Waals surface area contributed by atoms with Gasteiger partial charge in [-0.2, -0.15) is 0 Å². The summed E-state index contributed by atoms with van der Waals surface area (Å²) in [5, 5.41) is 21.1. The van der Waals surface area contributed by atoms with Crippen molar-refractivity contribution in [3.8, 4) is 5.75 Å². The summed E-state index contributed by atoms with van der Waals surface area (Å²) in [5.74, 6) is 0.917. The van der Waals surface area contributed by atoms with Crippen LogP contribution in [-0.2, 0) is 30.3 Å². The molecule has 1 saturated heterocycles. The molecule has 0 saturated carbocycles. The van der Waals surface area contributed by atoms with Crippen LogP contribution in [0.5, 0.6) is 5.75 Å². The van der Waals surface area contributed by atoms with Crippen molar-refractivity contribution >= 4 is 0 Å². The number of methoxy groups -OCH3 is 4. The van der Waals surface area contributed by atoms with E-state index in [2.05, 4.69) is 0 Å². The molecule has 0 radical (unpaired) electrons. The maximum atomic E-state index is 10.7. The molecule has 35 heavy (non-hydrogen) atoms. The molecule has 0 amide bonds. The molecule has 2 N–H and O–H groups in total. The first kappa shape index (κ1) is 30.0. The molecule has 6 atom stereocenters. The van der Waals surface area contributed by atoms with Gasteiger partial charge in [0.15, 0.2) is 6.29 Å². The van der Waals surface area contributed by atoms with Gasteiger partial charge in [-0.1, -0.05) is 19.1 Å². The molecular formula is C27H46O8. The molecule has 0 aliphatic carbocycles. The van der Waals surface area contributed by atoms with E-state index in [1.54, 1.807) is 28.4 Å². The van der Waals surface area contributed by atoms with Crippen molar-refractivity contribution in [1.29, 1.82) is 0 Å². The summed E-state index contributed by atoms with van der Waals surface area (Å²) in [6.07, 6.45) is 3.14. The van der Waals surface area contributed by atoms with E-state index in [1.807, 2.05) is 31.2 Å². The molecular weight excluding hydrogens is 452 g/mol. The fourth-order valence-electron chi connectivity index (χ4n) is 4.56. The van der Waals surface area contributed by atoms with Crippen molar-refractivity contribution in [1.82, 2.24) is 0 Å². The average Bonchev–Trinajstić information content (AvgIpc) is 2.86. The van der Waals surface area contributed by atoms with Crippen LogP contribution in [0.2, 0.25) is 0 Å². The van der Waals surface area contributed by atoms with E-state index in [0.29, 0.717) is 38.9 Å². The van der Waals surface area contributed by atoms with Gasteiger partial charge >= 0.3 is 0 Å². The monoisotopic (exact) mass is 498 g/mol. The molecule has 1 aromatic rings. The molecule has 1 aliphatic heterocycles. The Hall–Kier alpha value is -1.26. The lowest BCUT2D eigenvalue weighted by atomic mass is 9.90. The van der Waals surface area contributed by atoms with Gasteiger partial charge in [-0.3, -0.25) is 0 Å². The largest absolute Gasteiger partial charge is 0.497 e. The minimum atomic E-state index is -0.495. The van der Waals surface area contributed by atoms with E-state index in [4.69, 9.17) is 28.4 Å². The summed E-state index contributed by atoms with van der Waals surface area (Å²) in [6, 6.07) is 7.82. The number of hydrogen-bond donors (Lipinski definition) is 2. The second-order valence-electron chi connectivity index (χ2n) is 9.55. The molecule has 1 aliphatic rings. The molecule has 0 aromatic heterocycles. The second kappa shape index (κ2) is 16.5. The molecule has 0 unspecified atom stereocenters. The highest BCUT2D eigenvalue weighted by molar-refractivity contribution is 5.26. The number of aliphatic hydroxyl groups is 2. The minimum absolute atomic E-state index is 0.0546. The lowest BCUT2D eigenvalue weighted by molar-refractivity contribution is -0.122. The average molecular weight is 499 g/mol. The first-order valence-corrected chi connectivity index (χ1v) is 12.7. The van der Waals surface area contributed by atoms with Gasteiger partial charge in [-0.05, 0) is 68.6 Å². The van der Waals surface area contributed by atoms with Gasteiger partial charge in [0.25, 0.3) is 0 Å². The molecule has 1 aromatic carbocycles. The van der Waals surface area contributed by atoms with Crippen molar-refractivity contribution in [2.45, 2.75) is 95.3 Å². The van der Waals surface area contributed by atoms with E-state index in [-0.39, 0.29) is 30.5 Å². The van der Waals surface area contributed by atoms with Gasteiger partial charge in [-0.15, -0.1) is 0 Å². The van der Waals surface area contributed by atoms with E-state index < -0.39 is 12.2 Å². The predicted octanol–water partition coefficient (Wildman–Crippen LogP) is 3.70. The Kier molecular flexibility index (Phi) is 14.1. The van der Waals surface area contributed by atoms with Crippen molar-refractivity contribution in [3.05, 3.63) is 29.8 Å². The van der Waals surface area contributed by atoms with E-state index >= 15 is 0 Å². The summed E-state index contributed by atoms with van der Waals surface area (Å²) in [4.78, 5) is 0. The summed E-state index contributed by atoms with van der Waals surface area (Å²) < 4.78 is 33.4. The van der Waals surface area contributed by atoms with Crippen molar-refractivity contribution in [3.63, 3.8) is 0 Å².